The van der Waals surface area contributed by atoms with E-state index < -0.39 is 23.2 Å². The van der Waals surface area contributed by atoms with Crippen molar-refractivity contribution in [3.8, 4) is 11.6 Å². The van der Waals surface area contributed by atoms with Crippen molar-refractivity contribution in [2.24, 2.45) is 5.73 Å². The molecular weight excluding hydrogens is 263 g/mol. The van der Waals surface area contributed by atoms with Crippen molar-refractivity contribution in [2.75, 3.05) is 0 Å². The number of halogens is 3. The Kier molecular flexibility index (Phi) is 3.11. The highest BCUT2D eigenvalue weighted by atomic mass is 19.4. The minimum Gasteiger partial charge on any atom is -0.493 e. The van der Waals surface area contributed by atoms with Crippen LogP contribution in [0.5, 0.6) is 5.88 Å². The Morgan fingerprint density at radius 2 is 2.05 bits per heavy atom. The smallest absolute Gasteiger partial charge is 0.416 e. The molecule has 5 nitrogen and oxygen atoms in total. The van der Waals surface area contributed by atoms with E-state index in [1.54, 1.807) is 0 Å². The monoisotopic (exact) mass is 273 g/mol. The predicted octanol–water partition coefficient (Wildman–Crippen LogP) is 1.35. The summed E-state index contributed by atoms with van der Waals surface area (Å²) in [5, 5.41) is 11.9. The summed E-state index contributed by atoms with van der Waals surface area (Å²) in [6.07, 6.45) is -4.50. The Morgan fingerprint density at radius 1 is 1.37 bits per heavy atom. The van der Waals surface area contributed by atoms with Crippen LogP contribution in [0, 0.1) is 0 Å². The third kappa shape index (κ3) is 2.34. The zero-order valence-corrected chi connectivity index (χ0v) is 9.53. The first-order valence-electron chi connectivity index (χ1n) is 5.25. The van der Waals surface area contributed by atoms with Crippen LogP contribution in [-0.4, -0.2) is 14.9 Å². The number of aromatic nitrogens is 2. The molecular formula is C11H10F3N3O2. The quantitative estimate of drug-likeness (QED) is 0.772. The molecule has 1 heterocycles. The number of alkyl halides is 3. The molecule has 0 atom stereocenters. The third-order valence-electron chi connectivity index (χ3n) is 2.60. The summed E-state index contributed by atoms with van der Waals surface area (Å²) in [5.74, 6) is -0.494. The predicted molar refractivity (Wildman–Crippen MR) is 60.9 cm³/mol. The minimum atomic E-state index is -4.50. The number of aromatic hydroxyl groups is 1. The van der Waals surface area contributed by atoms with Gasteiger partial charge in [-0.2, -0.15) is 13.2 Å². The molecule has 0 radical (unpaired) electrons. The van der Waals surface area contributed by atoms with Gasteiger partial charge in [0.05, 0.1) is 16.8 Å². The van der Waals surface area contributed by atoms with Crippen LogP contribution in [0.3, 0.4) is 0 Å². The maximum atomic E-state index is 12.6. The number of hydrogen-bond acceptors (Lipinski definition) is 3. The summed E-state index contributed by atoms with van der Waals surface area (Å²) in [4.78, 5) is 11.4. The van der Waals surface area contributed by atoms with Gasteiger partial charge in [0, 0.05) is 6.54 Å². The second kappa shape index (κ2) is 4.47. The zero-order chi connectivity index (χ0) is 14.2. The van der Waals surface area contributed by atoms with E-state index in [2.05, 4.69) is 5.10 Å². The minimum absolute atomic E-state index is 0.0101. The highest BCUT2D eigenvalue weighted by Gasteiger charge is 2.30. The van der Waals surface area contributed by atoms with Gasteiger partial charge in [0.15, 0.2) is 0 Å². The van der Waals surface area contributed by atoms with E-state index in [9.17, 15) is 23.1 Å². The molecule has 102 valence electrons. The van der Waals surface area contributed by atoms with Crippen LogP contribution in [0.1, 0.15) is 11.1 Å². The Morgan fingerprint density at radius 3 is 2.58 bits per heavy atom. The summed E-state index contributed by atoms with van der Waals surface area (Å²) < 4.78 is 38.6. The average molecular weight is 273 g/mol. The van der Waals surface area contributed by atoms with Crippen molar-refractivity contribution in [1.82, 2.24) is 9.78 Å². The molecule has 0 amide bonds. The zero-order valence-electron chi connectivity index (χ0n) is 9.53. The van der Waals surface area contributed by atoms with Gasteiger partial charge in [0.2, 0.25) is 5.88 Å². The molecule has 1 aromatic carbocycles. The van der Waals surface area contributed by atoms with Crippen LogP contribution < -0.4 is 11.3 Å². The lowest BCUT2D eigenvalue weighted by atomic mass is 10.2. The molecule has 2 rings (SSSR count). The van der Waals surface area contributed by atoms with E-state index in [1.165, 1.54) is 12.1 Å². The van der Waals surface area contributed by atoms with E-state index >= 15 is 0 Å². The van der Waals surface area contributed by atoms with Crippen LogP contribution in [0.4, 0.5) is 13.2 Å². The average Bonchev–Trinajstić information content (AvgIpc) is 2.63. The second-order valence-electron chi connectivity index (χ2n) is 3.83. The van der Waals surface area contributed by atoms with Gasteiger partial charge in [-0.05, 0) is 18.2 Å². The molecule has 19 heavy (non-hydrogen) atoms. The van der Waals surface area contributed by atoms with Crippen LogP contribution in [-0.2, 0) is 12.7 Å². The number of H-pyrrole nitrogens is 1. The number of nitrogens with zero attached hydrogens (tertiary/aromatic N) is 1. The highest BCUT2D eigenvalue weighted by Crippen LogP contribution is 2.30. The normalized spacial score (nSPS) is 11.8. The maximum Gasteiger partial charge on any atom is 0.416 e. The molecule has 0 fully saturated rings. The number of nitrogens with one attached hydrogen (secondary N) is 1. The van der Waals surface area contributed by atoms with E-state index in [0.29, 0.717) is 0 Å². The number of nitrogens with two attached hydrogens (primary N) is 1. The lowest BCUT2D eigenvalue weighted by Crippen LogP contribution is -2.10. The summed E-state index contributed by atoms with van der Waals surface area (Å²) >= 11 is 0. The van der Waals surface area contributed by atoms with Crippen molar-refractivity contribution < 1.29 is 18.3 Å². The fourth-order valence-electron chi connectivity index (χ4n) is 1.65. The molecule has 2 aromatic rings. The van der Waals surface area contributed by atoms with Crippen LogP contribution in [0.25, 0.3) is 5.69 Å². The highest BCUT2D eigenvalue weighted by molar-refractivity contribution is 5.40. The van der Waals surface area contributed by atoms with Crippen LogP contribution >= 0.6 is 0 Å². The molecule has 0 saturated heterocycles. The Bertz CT molecular complexity index is 658. The molecule has 1 aromatic heterocycles. The summed E-state index contributed by atoms with van der Waals surface area (Å²) in [6, 6.07) is 4.21. The van der Waals surface area contributed by atoms with Gasteiger partial charge in [-0.3, -0.25) is 9.89 Å². The lowest BCUT2D eigenvalue weighted by Gasteiger charge is -2.09. The molecule has 0 aliphatic rings. The van der Waals surface area contributed by atoms with Gasteiger partial charge in [-0.15, -0.1) is 0 Å². The maximum absolute atomic E-state index is 12.6. The van der Waals surface area contributed by atoms with Crippen molar-refractivity contribution in [1.29, 1.82) is 0 Å². The topological polar surface area (TPSA) is 84.0 Å². The molecule has 0 aliphatic carbocycles. The first-order valence-corrected chi connectivity index (χ1v) is 5.25. The molecule has 0 spiro atoms. The van der Waals surface area contributed by atoms with Gasteiger partial charge in [-0.25, -0.2) is 4.68 Å². The van der Waals surface area contributed by atoms with Gasteiger partial charge >= 0.3 is 6.18 Å². The lowest BCUT2D eigenvalue weighted by molar-refractivity contribution is -0.137. The van der Waals surface area contributed by atoms with Crippen molar-refractivity contribution >= 4 is 0 Å². The number of benzene rings is 1. The Hall–Kier alpha value is -2.22. The summed E-state index contributed by atoms with van der Waals surface area (Å²) in [7, 11) is 0. The fourth-order valence-corrected chi connectivity index (χ4v) is 1.65. The molecule has 0 aliphatic heterocycles. The van der Waals surface area contributed by atoms with Crippen LogP contribution in [0.15, 0.2) is 29.1 Å². The Balaban J connectivity index is 2.57. The molecule has 8 heteroatoms. The molecule has 0 unspecified atom stereocenters. The Labute approximate surface area is 105 Å². The fraction of sp³-hybridized carbons (Fsp3) is 0.182. The van der Waals surface area contributed by atoms with Crippen molar-refractivity contribution in [2.45, 2.75) is 12.7 Å². The van der Waals surface area contributed by atoms with Gasteiger partial charge < -0.3 is 10.8 Å². The second-order valence-corrected chi connectivity index (χ2v) is 3.83. The SMILES string of the molecule is NCc1c(O)n(-c2cccc(C(F)(F)F)c2)[nH]c1=O. The number of aromatic amines is 1. The van der Waals surface area contributed by atoms with E-state index in [4.69, 9.17) is 5.73 Å². The molecule has 0 bridgehead atoms. The van der Waals surface area contributed by atoms with E-state index in [-0.39, 0.29) is 17.8 Å². The first kappa shape index (κ1) is 13.2. The van der Waals surface area contributed by atoms with Gasteiger partial charge in [-0.1, -0.05) is 6.07 Å². The van der Waals surface area contributed by atoms with Crippen molar-refractivity contribution in [3.63, 3.8) is 0 Å². The largest absolute Gasteiger partial charge is 0.493 e. The number of hydrogen-bond donors (Lipinski definition) is 3. The van der Waals surface area contributed by atoms with Gasteiger partial charge in [0.1, 0.15) is 0 Å². The molecule has 0 saturated carbocycles. The van der Waals surface area contributed by atoms with E-state index in [0.717, 1.165) is 16.8 Å². The number of rotatable bonds is 2. The van der Waals surface area contributed by atoms with Crippen LogP contribution in [0.2, 0.25) is 0 Å². The van der Waals surface area contributed by atoms with E-state index in [1.807, 2.05) is 0 Å². The first-order chi connectivity index (χ1) is 8.84. The summed E-state index contributed by atoms with van der Waals surface area (Å²) in [5.41, 5.74) is 3.65. The van der Waals surface area contributed by atoms with Crippen molar-refractivity contribution in [3.05, 3.63) is 45.7 Å². The third-order valence-corrected chi connectivity index (χ3v) is 2.60. The summed E-state index contributed by atoms with van der Waals surface area (Å²) in [6.45, 7) is -0.215. The standard InChI is InChI=1S/C11H10F3N3O2/c12-11(13,14)6-2-1-3-7(4-6)17-10(19)8(5-15)9(18)16-17/h1-4,19H,5,15H2,(H,16,18). The molecule has 4 N–H and O–H groups in total. The van der Waals surface area contributed by atoms with Gasteiger partial charge in [0.25, 0.3) is 5.56 Å².